The summed E-state index contributed by atoms with van der Waals surface area (Å²) < 4.78 is 7.03. The Morgan fingerprint density at radius 1 is 1.50 bits per heavy atom. The van der Waals surface area contributed by atoms with E-state index in [1.54, 1.807) is 11.6 Å². The molecule has 0 aromatic carbocycles. The van der Waals surface area contributed by atoms with E-state index in [9.17, 15) is 0 Å². The third-order valence-electron chi connectivity index (χ3n) is 2.85. The van der Waals surface area contributed by atoms with E-state index in [1.165, 1.54) is 12.2 Å². The molecule has 0 spiro atoms. The molecule has 3 heterocycles. The third-order valence-corrected chi connectivity index (χ3v) is 4.01. The lowest BCUT2D eigenvalue weighted by atomic mass is 10.1. The Morgan fingerprint density at radius 3 is 3.19 bits per heavy atom. The first kappa shape index (κ1) is 9.96. The number of nitrogens with zero attached hydrogens (tertiary/aromatic N) is 3. The topological polar surface area (TPSA) is 39.4 Å². The Hall–Kier alpha value is -1.23. The van der Waals surface area contributed by atoms with Gasteiger partial charge in [-0.1, -0.05) is 6.07 Å². The Balaban J connectivity index is 2.07. The summed E-state index contributed by atoms with van der Waals surface area (Å²) in [6, 6.07) is 5.80. The molecule has 1 atom stereocenters. The summed E-state index contributed by atoms with van der Waals surface area (Å²) >= 11 is 1.98. The second kappa shape index (κ2) is 3.97. The van der Waals surface area contributed by atoms with Crippen LogP contribution in [0, 0.1) is 0 Å². The average molecular weight is 235 g/mol. The van der Waals surface area contributed by atoms with Crippen LogP contribution in [0.25, 0.3) is 5.65 Å². The van der Waals surface area contributed by atoms with Gasteiger partial charge < -0.3 is 4.74 Å². The lowest BCUT2D eigenvalue weighted by molar-refractivity contribution is 0.385. The van der Waals surface area contributed by atoms with Crippen molar-refractivity contribution in [3.05, 3.63) is 24.0 Å². The normalized spacial score (nSPS) is 20.4. The van der Waals surface area contributed by atoms with Crippen molar-refractivity contribution in [1.82, 2.24) is 14.6 Å². The summed E-state index contributed by atoms with van der Waals surface area (Å²) in [5, 5.41) is 4.53. The smallest absolute Gasteiger partial charge is 0.216 e. The van der Waals surface area contributed by atoms with Gasteiger partial charge in [0.05, 0.1) is 7.11 Å². The minimum Gasteiger partial charge on any atom is -0.481 e. The van der Waals surface area contributed by atoms with Crippen molar-refractivity contribution < 1.29 is 4.74 Å². The zero-order valence-corrected chi connectivity index (χ0v) is 9.91. The standard InChI is InChI=1S/C11H13N3OS/c1-15-10-4-2-3-9-12-11(13-14(9)10)8-5-6-16-7-8/h2-4,8H,5-7H2,1H3. The number of aromatic nitrogens is 3. The molecule has 0 saturated carbocycles. The highest BCUT2D eigenvalue weighted by atomic mass is 32.2. The lowest BCUT2D eigenvalue weighted by Crippen LogP contribution is -2.00. The van der Waals surface area contributed by atoms with Crippen molar-refractivity contribution >= 4 is 17.4 Å². The van der Waals surface area contributed by atoms with Gasteiger partial charge in [0, 0.05) is 17.7 Å². The maximum absolute atomic E-state index is 5.26. The molecule has 1 aliphatic rings. The number of ether oxygens (including phenoxy) is 1. The van der Waals surface area contributed by atoms with E-state index in [4.69, 9.17) is 4.74 Å². The molecule has 1 unspecified atom stereocenters. The molecule has 0 aliphatic carbocycles. The Bertz CT molecular complexity index is 505. The fourth-order valence-corrected chi connectivity index (χ4v) is 3.18. The highest BCUT2D eigenvalue weighted by molar-refractivity contribution is 7.99. The number of pyridine rings is 1. The van der Waals surface area contributed by atoms with Gasteiger partial charge in [-0.3, -0.25) is 0 Å². The van der Waals surface area contributed by atoms with Gasteiger partial charge in [0.1, 0.15) is 0 Å². The van der Waals surface area contributed by atoms with E-state index in [2.05, 4.69) is 10.1 Å². The van der Waals surface area contributed by atoms with Gasteiger partial charge in [0.2, 0.25) is 5.88 Å². The van der Waals surface area contributed by atoms with Gasteiger partial charge in [-0.05, 0) is 18.2 Å². The molecule has 0 radical (unpaired) electrons. The monoisotopic (exact) mass is 235 g/mol. The van der Waals surface area contributed by atoms with Crippen molar-refractivity contribution in [2.75, 3.05) is 18.6 Å². The number of hydrogen-bond donors (Lipinski definition) is 0. The molecular formula is C11H13N3OS. The van der Waals surface area contributed by atoms with Crippen molar-refractivity contribution in [3.8, 4) is 5.88 Å². The first-order chi connectivity index (χ1) is 7.88. The van der Waals surface area contributed by atoms with Gasteiger partial charge in [0.25, 0.3) is 0 Å². The molecule has 84 valence electrons. The fraction of sp³-hybridized carbons (Fsp3) is 0.455. The van der Waals surface area contributed by atoms with Crippen molar-refractivity contribution in [2.45, 2.75) is 12.3 Å². The quantitative estimate of drug-likeness (QED) is 0.797. The molecule has 2 aromatic heterocycles. The number of hydrogen-bond acceptors (Lipinski definition) is 4. The van der Waals surface area contributed by atoms with E-state index < -0.39 is 0 Å². The molecule has 4 nitrogen and oxygen atoms in total. The summed E-state index contributed by atoms with van der Waals surface area (Å²) in [6.07, 6.45) is 1.18. The zero-order chi connectivity index (χ0) is 11.0. The van der Waals surface area contributed by atoms with Gasteiger partial charge in [-0.2, -0.15) is 16.3 Å². The molecule has 1 saturated heterocycles. The van der Waals surface area contributed by atoms with Crippen LogP contribution in [0.4, 0.5) is 0 Å². The molecule has 16 heavy (non-hydrogen) atoms. The van der Waals surface area contributed by atoms with Crippen LogP contribution in [0.5, 0.6) is 5.88 Å². The Labute approximate surface area is 98.0 Å². The molecule has 0 bridgehead atoms. The van der Waals surface area contributed by atoms with Gasteiger partial charge in [0.15, 0.2) is 11.5 Å². The molecule has 0 N–H and O–H groups in total. The largest absolute Gasteiger partial charge is 0.481 e. The second-order valence-corrected chi connectivity index (χ2v) is 5.02. The van der Waals surface area contributed by atoms with Gasteiger partial charge in [-0.15, -0.1) is 5.10 Å². The first-order valence-corrected chi connectivity index (χ1v) is 6.51. The molecule has 5 heteroatoms. The Morgan fingerprint density at radius 2 is 2.44 bits per heavy atom. The molecule has 3 rings (SSSR count). The Kier molecular flexibility index (Phi) is 2.47. The van der Waals surface area contributed by atoms with E-state index in [0.717, 1.165) is 23.1 Å². The predicted octanol–water partition coefficient (Wildman–Crippen LogP) is 1.96. The molecule has 2 aromatic rings. The van der Waals surface area contributed by atoms with Crippen LogP contribution in [-0.4, -0.2) is 33.2 Å². The van der Waals surface area contributed by atoms with Crippen molar-refractivity contribution in [1.29, 1.82) is 0 Å². The van der Waals surface area contributed by atoms with Crippen LogP contribution in [-0.2, 0) is 0 Å². The van der Waals surface area contributed by atoms with E-state index in [-0.39, 0.29) is 0 Å². The minimum atomic E-state index is 0.509. The maximum atomic E-state index is 5.26. The zero-order valence-electron chi connectivity index (χ0n) is 9.09. The van der Waals surface area contributed by atoms with Crippen LogP contribution < -0.4 is 4.74 Å². The number of fused-ring (bicyclic) bond motifs is 1. The van der Waals surface area contributed by atoms with E-state index in [1.807, 2.05) is 30.0 Å². The van der Waals surface area contributed by atoms with Crippen LogP contribution >= 0.6 is 11.8 Å². The number of methoxy groups -OCH3 is 1. The van der Waals surface area contributed by atoms with Gasteiger partial charge in [-0.25, -0.2) is 4.98 Å². The fourth-order valence-electron chi connectivity index (χ4n) is 1.96. The minimum absolute atomic E-state index is 0.509. The molecule has 0 amide bonds. The van der Waals surface area contributed by atoms with Crippen LogP contribution in [0.1, 0.15) is 18.2 Å². The van der Waals surface area contributed by atoms with Gasteiger partial charge >= 0.3 is 0 Å². The highest BCUT2D eigenvalue weighted by Gasteiger charge is 2.22. The summed E-state index contributed by atoms with van der Waals surface area (Å²) in [6.45, 7) is 0. The summed E-state index contributed by atoms with van der Waals surface area (Å²) in [4.78, 5) is 4.56. The maximum Gasteiger partial charge on any atom is 0.216 e. The molecule has 1 fully saturated rings. The van der Waals surface area contributed by atoms with Crippen molar-refractivity contribution in [2.24, 2.45) is 0 Å². The SMILES string of the molecule is COc1cccc2nc(C3CCSC3)nn12. The third kappa shape index (κ3) is 1.55. The van der Waals surface area contributed by atoms with Crippen LogP contribution in [0.15, 0.2) is 18.2 Å². The van der Waals surface area contributed by atoms with E-state index >= 15 is 0 Å². The summed E-state index contributed by atoms with van der Waals surface area (Å²) in [7, 11) is 1.65. The molecular weight excluding hydrogens is 222 g/mol. The van der Waals surface area contributed by atoms with E-state index in [0.29, 0.717) is 5.92 Å². The van der Waals surface area contributed by atoms with Crippen LogP contribution in [0.3, 0.4) is 0 Å². The first-order valence-electron chi connectivity index (χ1n) is 5.36. The molecule has 1 aliphatic heterocycles. The second-order valence-electron chi connectivity index (χ2n) is 3.87. The summed E-state index contributed by atoms with van der Waals surface area (Å²) in [5.74, 6) is 4.56. The lowest BCUT2D eigenvalue weighted by Gasteiger charge is -2.01. The number of thioether (sulfide) groups is 1. The number of rotatable bonds is 2. The summed E-state index contributed by atoms with van der Waals surface area (Å²) in [5.41, 5.74) is 0.867. The highest BCUT2D eigenvalue weighted by Crippen LogP contribution is 2.31. The van der Waals surface area contributed by atoms with Crippen LogP contribution in [0.2, 0.25) is 0 Å². The predicted molar refractivity (Wildman–Crippen MR) is 64.2 cm³/mol. The van der Waals surface area contributed by atoms with Crippen molar-refractivity contribution in [3.63, 3.8) is 0 Å². The average Bonchev–Trinajstić information content (AvgIpc) is 2.96.